The van der Waals surface area contributed by atoms with Gasteiger partial charge in [-0.1, -0.05) is 6.07 Å². The molecule has 0 bridgehead atoms. The third kappa shape index (κ3) is 2.77. The zero-order valence-corrected chi connectivity index (χ0v) is 13.9. The molecule has 8 heteroatoms. The van der Waals surface area contributed by atoms with Crippen LogP contribution in [0.4, 0.5) is 5.69 Å². The highest BCUT2D eigenvalue weighted by Crippen LogP contribution is 2.25. The number of thiophene rings is 1. The largest absolute Gasteiger partial charge is 0.338 e. The lowest BCUT2D eigenvalue weighted by Crippen LogP contribution is -2.11. The number of imidazole rings is 1. The Morgan fingerprint density at radius 3 is 2.67 bits per heavy atom. The lowest BCUT2D eigenvalue weighted by molar-refractivity contribution is 0.603. The summed E-state index contributed by atoms with van der Waals surface area (Å²) < 4.78 is 27.5. The maximum atomic E-state index is 12.3. The normalized spacial score (nSPS) is 11.7. The zero-order valence-electron chi connectivity index (χ0n) is 12.3. The highest BCUT2D eigenvalue weighted by molar-refractivity contribution is 7.94. The lowest BCUT2D eigenvalue weighted by atomic mass is 10.2. The van der Waals surface area contributed by atoms with Crippen LogP contribution in [0.2, 0.25) is 0 Å². The summed E-state index contributed by atoms with van der Waals surface area (Å²) >= 11 is 1.18. The molecule has 0 saturated heterocycles. The Hall–Kier alpha value is -2.71. The predicted molar refractivity (Wildman–Crippen MR) is 94.5 cm³/mol. The highest BCUT2D eigenvalue weighted by Gasteiger charge is 2.15. The predicted octanol–water partition coefficient (Wildman–Crippen LogP) is 3.49. The van der Waals surface area contributed by atoms with Gasteiger partial charge in [-0.3, -0.25) is 9.71 Å². The van der Waals surface area contributed by atoms with Crippen LogP contribution in [0.25, 0.3) is 22.4 Å². The van der Waals surface area contributed by atoms with Gasteiger partial charge in [-0.2, -0.15) is 0 Å². The summed E-state index contributed by atoms with van der Waals surface area (Å²) in [4.78, 5) is 11.7. The molecule has 6 nitrogen and oxygen atoms in total. The second-order valence-electron chi connectivity index (χ2n) is 5.09. The molecule has 24 heavy (non-hydrogen) atoms. The average Bonchev–Trinajstić information content (AvgIpc) is 3.25. The van der Waals surface area contributed by atoms with Gasteiger partial charge in [-0.15, -0.1) is 11.3 Å². The summed E-state index contributed by atoms with van der Waals surface area (Å²) in [6.45, 7) is 0. The summed E-state index contributed by atoms with van der Waals surface area (Å²) in [7, 11) is -3.56. The third-order valence-electron chi connectivity index (χ3n) is 3.45. The Morgan fingerprint density at radius 1 is 1.08 bits per heavy atom. The van der Waals surface area contributed by atoms with Crippen molar-refractivity contribution >= 4 is 38.1 Å². The number of aromatic amines is 1. The van der Waals surface area contributed by atoms with Crippen LogP contribution >= 0.6 is 11.3 Å². The number of fused-ring (bicyclic) bond motifs is 1. The van der Waals surface area contributed by atoms with Crippen molar-refractivity contribution in [2.24, 2.45) is 0 Å². The van der Waals surface area contributed by atoms with Crippen molar-refractivity contribution in [2.45, 2.75) is 4.21 Å². The van der Waals surface area contributed by atoms with Crippen molar-refractivity contribution in [2.75, 3.05) is 4.72 Å². The minimum atomic E-state index is -3.56. The molecule has 0 aliphatic heterocycles. The molecule has 0 fully saturated rings. The fourth-order valence-corrected chi connectivity index (χ4v) is 4.38. The summed E-state index contributed by atoms with van der Waals surface area (Å²) in [6, 6.07) is 12.2. The number of hydrogen-bond donors (Lipinski definition) is 2. The van der Waals surface area contributed by atoms with E-state index in [1.165, 1.54) is 11.3 Å². The van der Waals surface area contributed by atoms with Gasteiger partial charge in [0, 0.05) is 18.0 Å². The molecule has 0 amide bonds. The zero-order chi connectivity index (χ0) is 16.6. The van der Waals surface area contributed by atoms with Gasteiger partial charge >= 0.3 is 0 Å². The van der Waals surface area contributed by atoms with Crippen LogP contribution in [0.1, 0.15) is 0 Å². The fraction of sp³-hybridized carbons (Fsp3) is 0. The van der Waals surface area contributed by atoms with E-state index in [-0.39, 0.29) is 4.21 Å². The molecule has 0 atom stereocenters. The van der Waals surface area contributed by atoms with Gasteiger partial charge in [0.2, 0.25) is 0 Å². The summed E-state index contributed by atoms with van der Waals surface area (Å²) in [5.74, 6) is 0.714. The number of anilines is 1. The number of aromatic nitrogens is 3. The van der Waals surface area contributed by atoms with Gasteiger partial charge < -0.3 is 4.98 Å². The van der Waals surface area contributed by atoms with E-state index in [0.29, 0.717) is 11.5 Å². The molecule has 0 spiro atoms. The van der Waals surface area contributed by atoms with Crippen molar-refractivity contribution in [3.05, 3.63) is 60.2 Å². The second-order valence-corrected chi connectivity index (χ2v) is 7.95. The highest BCUT2D eigenvalue weighted by atomic mass is 32.2. The molecular formula is C16H12N4O2S2. The van der Waals surface area contributed by atoms with Crippen molar-refractivity contribution < 1.29 is 8.42 Å². The Morgan fingerprint density at radius 2 is 1.92 bits per heavy atom. The van der Waals surface area contributed by atoms with Gasteiger partial charge in [0.05, 0.1) is 16.7 Å². The number of benzene rings is 1. The minimum absolute atomic E-state index is 0.282. The standard InChI is InChI=1S/C16H12N4O2S2/c21-24(22,15-2-1-9-23-15)20-12-3-4-13-14(10-12)19-16(18-13)11-5-7-17-8-6-11/h1-10,20H,(H,18,19). The SMILES string of the molecule is O=S(=O)(Nc1ccc2nc(-c3ccncc3)[nH]c2c1)c1cccs1. The van der Waals surface area contributed by atoms with Crippen molar-refractivity contribution in [1.82, 2.24) is 15.0 Å². The molecule has 0 unspecified atom stereocenters. The fourth-order valence-electron chi connectivity index (χ4n) is 2.34. The molecule has 120 valence electrons. The molecule has 4 aromatic rings. The summed E-state index contributed by atoms with van der Waals surface area (Å²) in [6.07, 6.45) is 3.40. The number of pyridine rings is 1. The minimum Gasteiger partial charge on any atom is -0.338 e. The monoisotopic (exact) mass is 356 g/mol. The number of nitrogens with zero attached hydrogens (tertiary/aromatic N) is 2. The molecule has 2 N–H and O–H groups in total. The van der Waals surface area contributed by atoms with Crippen LogP contribution in [0.15, 0.2) is 64.4 Å². The molecular weight excluding hydrogens is 344 g/mol. The quantitative estimate of drug-likeness (QED) is 0.586. The van der Waals surface area contributed by atoms with Gasteiger partial charge in [-0.05, 0) is 41.8 Å². The van der Waals surface area contributed by atoms with Crippen LogP contribution in [0.3, 0.4) is 0 Å². The van der Waals surface area contributed by atoms with E-state index in [9.17, 15) is 8.42 Å². The van der Waals surface area contributed by atoms with Crippen molar-refractivity contribution in [3.63, 3.8) is 0 Å². The lowest BCUT2D eigenvalue weighted by Gasteiger charge is -2.05. The second kappa shape index (κ2) is 5.73. The number of hydrogen-bond acceptors (Lipinski definition) is 5. The first-order chi connectivity index (χ1) is 11.6. The molecule has 1 aromatic carbocycles. The van der Waals surface area contributed by atoms with E-state index in [4.69, 9.17) is 0 Å². The van der Waals surface area contributed by atoms with Gasteiger partial charge in [0.15, 0.2) is 0 Å². The Balaban J connectivity index is 1.69. The van der Waals surface area contributed by atoms with Crippen molar-refractivity contribution in [1.29, 1.82) is 0 Å². The van der Waals surface area contributed by atoms with E-state index < -0.39 is 10.0 Å². The van der Waals surface area contributed by atoms with E-state index in [0.717, 1.165) is 16.6 Å². The summed E-state index contributed by atoms with van der Waals surface area (Å²) in [5, 5.41) is 1.73. The van der Waals surface area contributed by atoms with E-state index in [1.54, 1.807) is 48.1 Å². The molecule has 3 heterocycles. The van der Waals surface area contributed by atoms with E-state index >= 15 is 0 Å². The van der Waals surface area contributed by atoms with Crippen LogP contribution in [-0.2, 0) is 10.0 Å². The Kier molecular flexibility index (Phi) is 3.55. The van der Waals surface area contributed by atoms with E-state index in [1.807, 2.05) is 12.1 Å². The number of H-pyrrole nitrogens is 1. The molecule has 4 rings (SSSR count). The van der Waals surface area contributed by atoms with Crippen molar-refractivity contribution in [3.8, 4) is 11.4 Å². The molecule has 0 radical (unpaired) electrons. The Bertz CT molecular complexity index is 1090. The maximum absolute atomic E-state index is 12.3. The first kappa shape index (κ1) is 14.9. The van der Waals surface area contributed by atoms with Crippen LogP contribution in [-0.4, -0.2) is 23.4 Å². The number of rotatable bonds is 4. The van der Waals surface area contributed by atoms with Crippen LogP contribution < -0.4 is 4.72 Å². The number of nitrogens with one attached hydrogen (secondary N) is 2. The molecule has 0 aliphatic carbocycles. The van der Waals surface area contributed by atoms with Gasteiger partial charge in [0.1, 0.15) is 10.0 Å². The average molecular weight is 356 g/mol. The first-order valence-electron chi connectivity index (χ1n) is 7.08. The third-order valence-corrected chi connectivity index (χ3v) is 6.23. The molecule has 3 aromatic heterocycles. The smallest absolute Gasteiger partial charge is 0.271 e. The summed E-state index contributed by atoms with van der Waals surface area (Å²) in [5.41, 5.74) is 2.93. The maximum Gasteiger partial charge on any atom is 0.271 e. The molecule has 0 aliphatic rings. The Labute approximate surface area is 142 Å². The van der Waals surface area contributed by atoms with Gasteiger partial charge in [-0.25, -0.2) is 13.4 Å². The topological polar surface area (TPSA) is 87.7 Å². The van der Waals surface area contributed by atoms with Crippen LogP contribution in [0, 0.1) is 0 Å². The van der Waals surface area contributed by atoms with E-state index in [2.05, 4.69) is 19.7 Å². The van der Waals surface area contributed by atoms with Gasteiger partial charge in [0.25, 0.3) is 10.0 Å². The molecule has 0 saturated carbocycles. The first-order valence-corrected chi connectivity index (χ1v) is 9.45. The number of sulfonamides is 1. The van der Waals surface area contributed by atoms with Crippen LogP contribution in [0.5, 0.6) is 0 Å².